The molecule has 0 spiro atoms. The molecule has 0 aliphatic heterocycles. The summed E-state index contributed by atoms with van der Waals surface area (Å²) in [6.07, 6.45) is 0.780. The quantitative estimate of drug-likeness (QED) is 0.568. The number of methoxy groups -OCH3 is 2. The lowest BCUT2D eigenvalue weighted by Crippen LogP contribution is -2.26. The van der Waals surface area contributed by atoms with Crippen LogP contribution < -0.4 is 14.8 Å². The van der Waals surface area contributed by atoms with Crippen LogP contribution >= 0.6 is 0 Å². The number of benzene rings is 2. The van der Waals surface area contributed by atoms with Crippen LogP contribution in [0.1, 0.15) is 38.8 Å². The third kappa shape index (κ3) is 5.74. The van der Waals surface area contributed by atoms with Gasteiger partial charge >= 0.3 is 0 Å². The third-order valence-corrected chi connectivity index (χ3v) is 4.22. The van der Waals surface area contributed by atoms with Gasteiger partial charge in [-0.25, -0.2) is 0 Å². The van der Waals surface area contributed by atoms with Crippen molar-refractivity contribution in [3.8, 4) is 11.5 Å². The first-order valence-corrected chi connectivity index (χ1v) is 9.07. The van der Waals surface area contributed by atoms with E-state index in [0.717, 1.165) is 11.3 Å². The maximum atomic E-state index is 12.3. The lowest BCUT2D eigenvalue weighted by molar-refractivity contribution is -0.126. The highest BCUT2D eigenvalue weighted by atomic mass is 16.6. The topological polar surface area (TPSA) is 69.2 Å². The van der Waals surface area contributed by atoms with Gasteiger partial charge in [0.25, 0.3) is 5.91 Å². The average molecular weight is 384 g/mol. The minimum Gasteiger partial charge on any atom is -0.493 e. The molecule has 0 saturated heterocycles. The Kier molecular flexibility index (Phi) is 7.04. The van der Waals surface area contributed by atoms with Gasteiger partial charge in [0.1, 0.15) is 0 Å². The van der Waals surface area contributed by atoms with Crippen molar-refractivity contribution in [2.75, 3.05) is 19.5 Å². The number of carbonyl (C=O) groups is 1. The molecule has 1 N–H and O–H groups in total. The van der Waals surface area contributed by atoms with Crippen molar-refractivity contribution in [2.45, 2.75) is 39.2 Å². The summed E-state index contributed by atoms with van der Waals surface area (Å²) in [5.74, 6) is 0.953. The Morgan fingerprint density at radius 3 is 2.25 bits per heavy atom. The Labute approximate surface area is 166 Å². The molecule has 0 bridgehead atoms. The minimum atomic E-state index is -0.737. The van der Waals surface area contributed by atoms with Gasteiger partial charge < -0.3 is 19.6 Å². The molecule has 0 radical (unpaired) electrons. The maximum Gasteiger partial charge on any atom is 0.267 e. The van der Waals surface area contributed by atoms with Crippen LogP contribution in [0.4, 0.5) is 5.69 Å². The van der Waals surface area contributed by atoms with Gasteiger partial charge in [0.15, 0.2) is 11.5 Å². The molecule has 28 heavy (non-hydrogen) atoms. The van der Waals surface area contributed by atoms with E-state index in [9.17, 15) is 4.79 Å². The predicted molar refractivity (Wildman–Crippen MR) is 111 cm³/mol. The van der Waals surface area contributed by atoms with Gasteiger partial charge in [0.05, 0.1) is 20.4 Å². The van der Waals surface area contributed by atoms with Crippen molar-refractivity contribution in [1.29, 1.82) is 0 Å². The van der Waals surface area contributed by atoms with Crippen molar-refractivity contribution < 1.29 is 19.1 Å². The molecule has 1 atom stereocenters. The molecule has 6 nitrogen and oxygen atoms in total. The summed E-state index contributed by atoms with van der Waals surface area (Å²) in [6.45, 7) is 8.08. The van der Waals surface area contributed by atoms with Gasteiger partial charge in [0, 0.05) is 11.3 Å². The highest BCUT2D eigenvalue weighted by Gasteiger charge is 2.16. The number of oxime groups is 1. The molecule has 0 aliphatic rings. The Hall–Kier alpha value is -3.02. The average Bonchev–Trinajstić information content (AvgIpc) is 2.67. The molecule has 1 amide bonds. The van der Waals surface area contributed by atoms with E-state index in [4.69, 9.17) is 14.3 Å². The maximum absolute atomic E-state index is 12.3. The van der Waals surface area contributed by atoms with Crippen LogP contribution in [0.3, 0.4) is 0 Å². The molecule has 150 valence electrons. The zero-order valence-electron chi connectivity index (χ0n) is 17.3. The zero-order valence-corrected chi connectivity index (χ0v) is 17.3. The van der Waals surface area contributed by atoms with Crippen LogP contribution in [0.5, 0.6) is 11.5 Å². The van der Waals surface area contributed by atoms with E-state index in [1.54, 1.807) is 33.3 Å². The van der Waals surface area contributed by atoms with Gasteiger partial charge in [-0.1, -0.05) is 38.1 Å². The fourth-order valence-electron chi connectivity index (χ4n) is 2.46. The summed E-state index contributed by atoms with van der Waals surface area (Å²) in [7, 11) is 3.14. The van der Waals surface area contributed by atoms with Crippen LogP contribution in [0.15, 0.2) is 47.6 Å². The van der Waals surface area contributed by atoms with E-state index in [1.807, 2.05) is 30.3 Å². The van der Waals surface area contributed by atoms with E-state index in [1.165, 1.54) is 11.8 Å². The molecule has 2 aromatic rings. The minimum absolute atomic E-state index is 0.0673. The molecule has 1 unspecified atom stereocenters. The molecule has 6 heteroatoms. The predicted octanol–water partition coefficient (Wildman–Crippen LogP) is 4.38. The molecule has 0 aliphatic carbocycles. The lowest BCUT2D eigenvalue weighted by atomic mass is 9.87. The Morgan fingerprint density at radius 1 is 1.04 bits per heavy atom. The number of rotatable bonds is 7. The molecule has 0 aromatic heterocycles. The van der Waals surface area contributed by atoms with Crippen molar-refractivity contribution in [3.63, 3.8) is 0 Å². The molecule has 0 heterocycles. The van der Waals surface area contributed by atoms with Crippen LogP contribution in [0, 0.1) is 0 Å². The second-order valence-electron chi connectivity index (χ2n) is 7.41. The van der Waals surface area contributed by atoms with Gasteiger partial charge in [-0.05, 0) is 48.2 Å². The highest BCUT2D eigenvalue weighted by molar-refractivity contribution is 5.94. The smallest absolute Gasteiger partial charge is 0.267 e. The fourth-order valence-corrected chi connectivity index (χ4v) is 2.46. The Bertz CT molecular complexity index is 823. The second kappa shape index (κ2) is 9.26. The first kappa shape index (κ1) is 21.3. The standard InChI is InChI=1S/C22H28N2O4/c1-15(21(25)24-18-10-8-17(9-11-18)22(2,3)4)28-23-14-16-7-12-19(26-5)20(13-16)27-6/h7-15H,1-6H3,(H,24,25)/b23-14+. The molecule has 2 aromatic carbocycles. The van der Waals surface area contributed by atoms with E-state index in [-0.39, 0.29) is 11.3 Å². The van der Waals surface area contributed by atoms with Crippen molar-refractivity contribution in [2.24, 2.45) is 5.16 Å². The van der Waals surface area contributed by atoms with E-state index < -0.39 is 6.10 Å². The van der Waals surface area contributed by atoms with Crippen LogP contribution in [0.25, 0.3) is 0 Å². The number of ether oxygens (including phenoxy) is 2. The van der Waals surface area contributed by atoms with Crippen LogP contribution in [-0.4, -0.2) is 32.4 Å². The van der Waals surface area contributed by atoms with Crippen molar-refractivity contribution in [1.82, 2.24) is 0 Å². The summed E-state index contributed by atoms with van der Waals surface area (Å²) in [4.78, 5) is 17.5. The monoisotopic (exact) mass is 384 g/mol. The third-order valence-electron chi connectivity index (χ3n) is 4.22. The number of nitrogens with zero attached hydrogens (tertiary/aromatic N) is 1. The summed E-state index contributed by atoms with van der Waals surface area (Å²) in [5.41, 5.74) is 2.76. The van der Waals surface area contributed by atoms with E-state index >= 15 is 0 Å². The zero-order chi connectivity index (χ0) is 20.7. The number of nitrogens with one attached hydrogen (secondary N) is 1. The number of carbonyl (C=O) groups excluding carboxylic acids is 1. The molecular formula is C22H28N2O4. The normalized spacial score (nSPS) is 12.5. The van der Waals surface area contributed by atoms with Crippen molar-refractivity contribution >= 4 is 17.8 Å². The van der Waals surface area contributed by atoms with Crippen molar-refractivity contribution in [3.05, 3.63) is 53.6 Å². The first-order valence-electron chi connectivity index (χ1n) is 9.07. The number of hydrogen-bond donors (Lipinski definition) is 1. The summed E-state index contributed by atoms with van der Waals surface area (Å²) < 4.78 is 10.4. The second-order valence-corrected chi connectivity index (χ2v) is 7.41. The van der Waals surface area contributed by atoms with Gasteiger partial charge in [-0.3, -0.25) is 4.79 Å². The summed E-state index contributed by atoms with van der Waals surface area (Å²) >= 11 is 0. The summed E-state index contributed by atoms with van der Waals surface area (Å²) in [6, 6.07) is 13.2. The van der Waals surface area contributed by atoms with Gasteiger partial charge in [-0.2, -0.15) is 0 Å². The molecular weight excluding hydrogens is 356 g/mol. The number of anilines is 1. The lowest BCUT2D eigenvalue weighted by Gasteiger charge is -2.19. The highest BCUT2D eigenvalue weighted by Crippen LogP contribution is 2.27. The Morgan fingerprint density at radius 2 is 1.68 bits per heavy atom. The molecule has 0 fully saturated rings. The first-order chi connectivity index (χ1) is 13.2. The van der Waals surface area contributed by atoms with E-state index in [0.29, 0.717) is 11.5 Å². The Balaban J connectivity index is 1.92. The van der Waals surface area contributed by atoms with Crippen LogP contribution in [-0.2, 0) is 15.0 Å². The SMILES string of the molecule is COc1ccc(/C=N/OC(C)C(=O)Nc2ccc(C(C)(C)C)cc2)cc1OC. The molecule has 0 saturated carbocycles. The molecule has 2 rings (SSSR count). The fraction of sp³-hybridized carbons (Fsp3) is 0.364. The van der Waals surface area contributed by atoms with E-state index in [2.05, 4.69) is 31.2 Å². The van der Waals surface area contributed by atoms with Gasteiger partial charge in [-0.15, -0.1) is 0 Å². The number of hydrogen-bond acceptors (Lipinski definition) is 5. The largest absolute Gasteiger partial charge is 0.493 e. The van der Waals surface area contributed by atoms with Gasteiger partial charge in [0.2, 0.25) is 6.10 Å². The summed E-state index contributed by atoms with van der Waals surface area (Å²) in [5, 5.41) is 6.73. The van der Waals surface area contributed by atoms with Crippen LogP contribution in [0.2, 0.25) is 0 Å². The number of amides is 1.